The molecule has 2 heterocycles. The fourth-order valence-electron chi connectivity index (χ4n) is 2.51. The summed E-state index contributed by atoms with van der Waals surface area (Å²) in [7, 11) is 0. The van der Waals surface area contributed by atoms with Crippen LogP contribution in [0.15, 0.2) is 48.7 Å². The van der Waals surface area contributed by atoms with E-state index in [4.69, 9.17) is 0 Å². The van der Waals surface area contributed by atoms with E-state index in [2.05, 4.69) is 19.8 Å². The first-order valence-electron chi connectivity index (χ1n) is 6.79. The van der Waals surface area contributed by atoms with E-state index in [0.29, 0.717) is 11.3 Å². The first kappa shape index (κ1) is 13.6. The molecule has 3 aromatic rings. The average Bonchev–Trinajstić information content (AvgIpc) is 3.08. The number of aromatic amines is 1. The predicted molar refractivity (Wildman–Crippen MR) is 78.9 cm³/mol. The molecule has 2 N–H and O–H groups in total. The second-order valence-electron chi connectivity index (χ2n) is 5.03. The van der Waals surface area contributed by atoms with Gasteiger partial charge >= 0.3 is 6.29 Å². The Morgan fingerprint density at radius 3 is 2.78 bits per heavy atom. The Bertz CT molecular complexity index is 921. The molecule has 23 heavy (non-hydrogen) atoms. The van der Waals surface area contributed by atoms with Gasteiger partial charge in [0.1, 0.15) is 0 Å². The lowest BCUT2D eigenvalue weighted by Crippen LogP contribution is -2.25. The van der Waals surface area contributed by atoms with Crippen molar-refractivity contribution < 1.29 is 23.0 Å². The molecule has 2 aromatic carbocycles. The summed E-state index contributed by atoms with van der Waals surface area (Å²) in [6.45, 7) is 0. The quantitative estimate of drug-likeness (QED) is 0.757. The maximum absolute atomic E-state index is 13.0. The number of H-pyrrole nitrogens is 1. The van der Waals surface area contributed by atoms with Crippen molar-refractivity contribution in [2.45, 2.75) is 6.29 Å². The van der Waals surface area contributed by atoms with E-state index in [1.165, 1.54) is 18.2 Å². The van der Waals surface area contributed by atoms with Gasteiger partial charge in [-0.15, -0.1) is 8.78 Å². The number of carbonyl (C=O) groups excluding carboxylic acids is 1. The Hall–Kier alpha value is -3.09. The summed E-state index contributed by atoms with van der Waals surface area (Å²) < 4.78 is 34.7. The van der Waals surface area contributed by atoms with Crippen molar-refractivity contribution in [3.8, 4) is 11.5 Å². The van der Waals surface area contributed by atoms with Crippen molar-refractivity contribution in [3.05, 3.63) is 54.2 Å². The van der Waals surface area contributed by atoms with Crippen molar-refractivity contribution in [3.63, 3.8) is 0 Å². The molecule has 0 aliphatic carbocycles. The summed E-state index contributed by atoms with van der Waals surface area (Å²) in [4.78, 5) is 15.4. The van der Waals surface area contributed by atoms with Crippen LogP contribution in [0.1, 0.15) is 10.4 Å². The minimum absolute atomic E-state index is 0.0688. The number of nitrogens with one attached hydrogen (secondary N) is 2. The first-order chi connectivity index (χ1) is 11.0. The second kappa shape index (κ2) is 4.70. The monoisotopic (exact) mass is 316 g/mol. The topological polar surface area (TPSA) is 63.4 Å². The van der Waals surface area contributed by atoms with Gasteiger partial charge in [-0.2, -0.15) is 0 Å². The summed E-state index contributed by atoms with van der Waals surface area (Å²) in [5.74, 6) is -0.533. The van der Waals surface area contributed by atoms with Crippen LogP contribution >= 0.6 is 0 Å². The second-order valence-corrected chi connectivity index (χ2v) is 5.03. The number of ether oxygens (including phenoxy) is 2. The Labute approximate surface area is 128 Å². The van der Waals surface area contributed by atoms with Gasteiger partial charge in [-0.05, 0) is 30.3 Å². The molecular weight excluding hydrogens is 306 g/mol. The van der Waals surface area contributed by atoms with E-state index >= 15 is 0 Å². The third-order valence-electron chi connectivity index (χ3n) is 3.50. The van der Waals surface area contributed by atoms with Gasteiger partial charge in [0.05, 0.1) is 0 Å². The number of fused-ring (bicyclic) bond motifs is 2. The van der Waals surface area contributed by atoms with Gasteiger partial charge in [-0.25, -0.2) is 0 Å². The van der Waals surface area contributed by atoms with E-state index < -0.39 is 6.29 Å². The number of halogens is 2. The highest BCUT2D eigenvalue weighted by Gasteiger charge is 2.43. The average molecular weight is 316 g/mol. The molecule has 0 unspecified atom stereocenters. The Morgan fingerprint density at radius 2 is 1.91 bits per heavy atom. The maximum atomic E-state index is 13.0. The third-order valence-corrected chi connectivity index (χ3v) is 3.50. The van der Waals surface area contributed by atoms with Crippen molar-refractivity contribution in [2.75, 3.05) is 5.32 Å². The number of hydrogen-bond donors (Lipinski definition) is 2. The van der Waals surface area contributed by atoms with Crippen LogP contribution in [0.2, 0.25) is 0 Å². The fourth-order valence-corrected chi connectivity index (χ4v) is 2.51. The van der Waals surface area contributed by atoms with E-state index in [9.17, 15) is 13.6 Å². The summed E-state index contributed by atoms with van der Waals surface area (Å²) >= 11 is 0. The summed E-state index contributed by atoms with van der Waals surface area (Å²) in [6.07, 6.45) is -1.94. The number of hydrogen-bond acceptors (Lipinski definition) is 3. The molecule has 1 aromatic heterocycles. The molecule has 7 heteroatoms. The van der Waals surface area contributed by atoms with Crippen LogP contribution in [0.5, 0.6) is 11.5 Å². The van der Waals surface area contributed by atoms with Crippen LogP contribution in [0.3, 0.4) is 0 Å². The fraction of sp³-hybridized carbons (Fsp3) is 0.0625. The molecule has 5 nitrogen and oxygen atoms in total. The van der Waals surface area contributed by atoms with Crippen LogP contribution in [0.4, 0.5) is 14.5 Å². The molecule has 0 spiro atoms. The SMILES string of the molecule is O=C(Nc1ccc2c(c1)OC(F)(F)O2)c1cccc2[nH]ccc12. The Balaban J connectivity index is 1.62. The van der Waals surface area contributed by atoms with Gasteiger partial charge in [0.25, 0.3) is 5.91 Å². The van der Waals surface area contributed by atoms with E-state index in [1.807, 2.05) is 6.07 Å². The van der Waals surface area contributed by atoms with Crippen molar-refractivity contribution >= 4 is 22.5 Å². The molecule has 0 atom stereocenters. The molecule has 0 radical (unpaired) electrons. The molecule has 1 aliphatic rings. The minimum Gasteiger partial charge on any atom is -0.395 e. The molecule has 0 saturated heterocycles. The molecule has 116 valence electrons. The lowest BCUT2D eigenvalue weighted by atomic mass is 10.1. The zero-order valence-electron chi connectivity index (χ0n) is 11.6. The van der Waals surface area contributed by atoms with Gasteiger partial charge in [-0.1, -0.05) is 6.07 Å². The van der Waals surface area contributed by atoms with Gasteiger partial charge in [0, 0.05) is 34.4 Å². The van der Waals surface area contributed by atoms with E-state index in [1.54, 1.807) is 24.4 Å². The van der Waals surface area contributed by atoms with Gasteiger partial charge in [0.2, 0.25) is 0 Å². The summed E-state index contributed by atoms with van der Waals surface area (Å²) in [6, 6.07) is 11.2. The maximum Gasteiger partial charge on any atom is 0.586 e. The zero-order chi connectivity index (χ0) is 16.0. The van der Waals surface area contributed by atoms with E-state index in [-0.39, 0.29) is 17.4 Å². The zero-order valence-corrected chi connectivity index (χ0v) is 11.6. The van der Waals surface area contributed by atoms with Crippen molar-refractivity contribution in [1.82, 2.24) is 4.98 Å². The highest BCUT2D eigenvalue weighted by Crippen LogP contribution is 2.42. The number of amides is 1. The lowest BCUT2D eigenvalue weighted by molar-refractivity contribution is -0.286. The Morgan fingerprint density at radius 1 is 1.09 bits per heavy atom. The van der Waals surface area contributed by atoms with E-state index in [0.717, 1.165) is 10.9 Å². The predicted octanol–water partition coefficient (Wildman–Crippen LogP) is 3.74. The summed E-state index contributed by atoms with van der Waals surface area (Å²) in [5, 5.41) is 3.44. The van der Waals surface area contributed by atoms with Crippen LogP contribution < -0.4 is 14.8 Å². The highest BCUT2D eigenvalue weighted by atomic mass is 19.3. The standard InChI is InChI=1S/C16H10F2N2O3/c17-16(18)22-13-5-4-9(8-14(13)23-16)20-15(21)11-2-1-3-12-10(11)6-7-19-12/h1-8,19H,(H,20,21). The highest BCUT2D eigenvalue weighted by molar-refractivity contribution is 6.12. The molecule has 0 bridgehead atoms. The van der Waals surface area contributed by atoms with Crippen LogP contribution in [0.25, 0.3) is 10.9 Å². The molecule has 1 aliphatic heterocycles. The summed E-state index contributed by atoms with van der Waals surface area (Å²) in [5.41, 5.74) is 1.65. The third kappa shape index (κ3) is 2.36. The van der Waals surface area contributed by atoms with Crippen LogP contribution in [-0.2, 0) is 0 Å². The number of aromatic nitrogens is 1. The number of anilines is 1. The van der Waals surface area contributed by atoms with Gasteiger partial charge < -0.3 is 19.8 Å². The Kier molecular flexibility index (Phi) is 2.77. The molecule has 4 rings (SSSR count). The van der Waals surface area contributed by atoms with Crippen molar-refractivity contribution in [1.29, 1.82) is 0 Å². The minimum atomic E-state index is -3.68. The first-order valence-corrected chi connectivity index (χ1v) is 6.79. The number of rotatable bonds is 2. The van der Waals surface area contributed by atoms with Gasteiger partial charge in [0.15, 0.2) is 11.5 Å². The van der Waals surface area contributed by atoms with Gasteiger partial charge in [-0.3, -0.25) is 4.79 Å². The molecular formula is C16H10F2N2O3. The number of carbonyl (C=O) groups is 1. The number of alkyl halides is 2. The lowest BCUT2D eigenvalue weighted by Gasteiger charge is -2.07. The molecule has 0 fully saturated rings. The molecule has 0 saturated carbocycles. The van der Waals surface area contributed by atoms with Crippen LogP contribution in [-0.4, -0.2) is 17.2 Å². The molecule has 1 amide bonds. The normalized spacial score (nSPS) is 14.9. The largest absolute Gasteiger partial charge is 0.586 e. The smallest absolute Gasteiger partial charge is 0.395 e. The van der Waals surface area contributed by atoms with Crippen molar-refractivity contribution in [2.24, 2.45) is 0 Å². The number of benzene rings is 2. The van der Waals surface area contributed by atoms with Crippen LogP contribution in [0, 0.1) is 0 Å².